The lowest BCUT2D eigenvalue weighted by Crippen LogP contribution is -1.63. The van der Waals surface area contributed by atoms with Crippen LogP contribution in [0.15, 0.2) is 11.6 Å². The van der Waals surface area contributed by atoms with E-state index in [2.05, 4.69) is 25.4 Å². The van der Waals surface area contributed by atoms with Gasteiger partial charge < -0.3 is 0 Å². The molecule has 2 heteroatoms. The SMILES string of the molecule is Cc1cp(Cl)cc1C. The molecule has 0 amide bonds. The zero-order chi connectivity index (χ0) is 6.15. The van der Waals surface area contributed by atoms with Crippen LogP contribution >= 0.6 is 18.1 Å². The van der Waals surface area contributed by atoms with Crippen molar-refractivity contribution in [2.75, 3.05) is 0 Å². The van der Waals surface area contributed by atoms with Gasteiger partial charge in [0, 0.05) is 0 Å². The summed E-state index contributed by atoms with van der Waals surface area (Å²) in [6.45, 7) is 3.79. The van der Waals surface area contributed by atoms with Gasteiger partial charge in [-0.25, -0.2) is 0 Å². The molecule has 44 valence electrons. The standard InChI is InChI=1S/C6H8ClP/c1-5-3-8(7)4-6(5)2/h3-4H,1-2H3. The molecule has 0 atom stereocenters. The molecule has 0 radical (unpaired) electrons. The maximum absolute atomic E-state index is 5.81. The molecule has 8 heavy (non-hydrogen) atoms. The molecular weight excluding hydrogens is 138 g/mol. The number of rotatable bonds is 0. The predicted octanol–water partition coefficient (Wildman–Crippen LogP) is 3.29. The Morgan fingerprint density at radius 2 is 1.62 bits per heavy atom. The molecule has 0 fully saturated rings. The van der Waals surface area contributed by atoms with Crippen molar-refractivity contribution in [1.82, 2.24) is 0 Å². The highest BCUT2D eigenvalue weighted by Gasteiger charge is 1.93. The second-order valence-corrected chi connectivity index (χ2v) is 4.34. The largest absolute Gasteiger partial charge is 0.0628 e. The molecule has 0 spiro atoms. The molecule has 0 bridgehead atoms. The summed E-state index contributed by atoms with van der Waals surface area (Å²) in [7, 11) is 0. The number of aryl methyl sites for hydroxylation is 2. The fourth-order valence-electron chi connectivity index (χ4n) is 0.611. The maximum Gasteiger partial charge on any atom is -0.0246 e. The van der Waals surface area contributed by atoms with Crippen molar-refractivity contribution in [3.05, 3.63) is 22.7 Å². The minimum atomic E-state index is -0.396. The average Bonchev–Trinajstić information content (AvgIpc) is 1.85. The minimum Gasteiger partial charge on any atom is -0.0628 e. The van der Waals surface area contributed by atoms with E-state index in [1.165, 1.54) is 11.1 Å². The maximum atomic E-state index is 5.81. The highest BCUT2D eigenvalue weighted by molar-refractivity contribution is 7.76. The van der Waals surface area contributed by atoms with Crippen molar-refractivity contribution in [1.29, 1.82) is 0 Å². The Bertz CT molecular complexity index is 171. The number of hydrogen-bond donors (Lipinski definition) is 0. The summed E-state index contributed by atoms with van der Waals surface area (Å²) in [6.07, 6.45) is 0. The molecule has 0 aliphatic rings. The van der Waals surface area contributed by atoms with Gasteiger partial charge in [0.25, 0.3) is 0 Å². The van der Waals surface area contributed by atoms with Gasteiger partial charge in [-0.1, -0.05) is 11.2 Å². The lowest BCUT2D eigenvalue weighted by atomic mass is 10.2. The normalized spacial score (nSPS) is 9.88. The summed E-state index contributed by atoms with van der Waals surface area (Å²) in [4.78, 5) is 0. The molecule has 1 aromatic rings. The van der Waals surface area contributed by atoms with E-state index in [0.29, 0.717) is 0 Å². The first-order valence-corrected chi connectivity index (χ1v) is 4.90. The molecular formula is C6H8ClP. The van der Waals surface area contributed by atoms with Crippen LogP contribution in [0.3, 0.4) is 0 Å². The third kappa shape index (κ3) is 1.07. The van der Waals surface area contributed by atoms with Crippen LogP contribution < -0.4 is 0 Å². The van der Waals surface area contributed by atoms with Gasteiger partial charge in [0.2, 0.25) is 0 Å². The summed E-state index contributed by atoms with van der Waals surface area (Å²) in [5.74, 6) is 4.23. The Kier molecular flexibility index (Phi) is 1.65. The Labute approximate surface area is 55.3 Å². The van der Waals surface area contributed by atoms with Gasteiger partial charge in [-0.05, 0) is 43.5 Å². The van der Waals surface area contributed by atoms with Crippen LogP contribution in [-0.4, -0.2) is 0 Å². The van der Waals surface area contributed by atoms with Crippen LogP contribution in [0.2, 0.25) is 0 Å². The molecule has 1 rings (SSSR count). The van der Waals surface area contributed by atoms with E-state index >= 15 is 0 Å². The van der Waals surface area contributed by atoms with E-state index in [0.717, 1.165) is 0 Å². The Morgan fingerprint density at radius 3 is 1.75 bits per heavy atom. The smallest absolute Gasteiger partial charge is 0.0246 e. The fourth-order valence-corrected chi connectivity index (χ4v) is 2.71. The molecule has 1 aromatic heterocycles. The predicted molar refractivity (Wildman–Crippen MR) is 39.9 cm³/mol. The lowest BCUT2D eigenvalue weighted by molar-refractivity contribution is 1.41. The highest BCUT2D eigenvalue weighted by Crippen LogP contribution is 2.36. The summed E-state index contributed by atoms with van der Waals surface area (Å²) >= 11 is 5.81. The van der Waals surface area contributed by atoms with Crippen LogP contribution in [0.1, 0.15) is 11.1 Å². The molecule has 0 saturated heterocycles. The van der Waals surface area contributed by atoms with E-state index in [9.17, 15) is 0 Å². The quantitative estimate of drug-likeness (QED) is 0.527. The van der Waals surface area contributed by atoms with Gasteiger partial charge in [0.05, 0.1) is 0 Å². The second kappa shape index (κ2) is 2.13. The van der Waals surface area contributed by atoms with Crippen LogP contribution in [0.25, 0.3) is 0 Å². The highest BCUT2D eigenvalue weighted by atomic mass is 35.7. The average molecular weight is 147 g/mol. The molecule has 0 aliphatic carbocycles. The summed E-state index contributed by atoms with van der Waals surface area (Å²) in [6, 6.07) is 0. The van der Waals surface area contributed by atoms with E-state index in [1.807, 2.05) is 0 Å². The van der Waals surface area contributed by atoms with Gasteiger partial charge in [-0.15, -0.1) is 0 Å². The fraction of sp³-hybridized carbons (Fsp3) is 0.333. The van der Waals surface area contributed by atoms with Crippen LogP contribution in [-0.2, 0) is 0 Å². The van der Waals surface area contributed by atoms with Crippen LogP contribution in [0.4, 0.5) is 0 Å². The third-order valence-electron chi connectivity index (χ3n) is 1.26. The zero-order valence-electron chi connectivity index (χ0n) is 4.98. The van der Waals surface area contributed by atoms with Crippen molar-refractivity contribution in [3.8, 4) is 0 Å². The molecule has 0 unspecified atom stereocenters. The number of hydrogen-bond acceptors (Lipinski definition) is 0. The first-order chi connectivity index (χ1) is 3.70. The van der Waals surface area contributed by atoms with Gasteiger partial charge in [0.1, 0.15) is 0 Å². The van der Waals surface area contributed by atoms with E-state index in [-0.39, 0.29) is 0 Å². The van der Waals surface area contributed by atoms with Gasteiger partial charge in [0.15, 0.2) is 0 Å². The summed E-state index contributed by atoms with van der Waals surface area (Å²) < 4.78 is 0. The summed E-state index contributed by atoms with van der Waals surface area (Å²) in [5, 5.41) is 0. The van der Waals surface area contributed by atoms with Crippen LogP contribution in [0.5, 0.6) is 0 Å². The van der Waals surface area contributed by atoms with Crippen molar-refractivity contribution >= 4 is 18.1 Å². The third-order valence-corrected chi connectivity index (χ3v) is 3.11. The van der Waals surface area contributed by atoms with E-state index in [1.54, 1.807) is 0 Å². The first kappa shape index (κ1) is 6.19. The molecule has 1 heterocycles. The molecule has 0 nitrogen and oxygen atoms in total. The van der Waals surface area contributed by atoms with Crippen molar-refractivity contribution in [2.24, 2.45) is 0 Å². The van der Waals surface area contributed by atoms with Gasteiger partial charge in [-0.2, -0.15) is 0 Å². The Balaban J connectivity index is 3.14. The van der Waals surface area contributed by atoms with E-state index < -0.39 is 6.89 Å². The topological polar surface area (TPSA) is 0 Å². The monoisotopic (exact) mass is 146 g/mol. The minimum absolute atomic E-state index is 0.396. The molecule has 0 aliphatic heterocycles. The first-order valence-electron chi connectivity index (χ1n) is 2.51. The Morgan fingerprint density at radius 1 is 1.25 bits per heavy atom. The zero-order valence-corrected chi connectivity index (χ0v) is 6.63. The molecule has 0 N–H and O–H groups in total. The number of halogens is 1. The lowest BCUT2D eigenvalue weighted by Gasteiger charge is -1.80. The molecule has 0 aromatic carbocycles. The second-order valence-electron chi connectivity index (χ2n) is 1.97. The van der Waals surface area contributed by atoms with Crippen molar-refractivity contribution < 1.29 is 0 Å². The van der Waals surface area contributed by atoms with E-state index in [4.69, 9.17) is 11.2 Å². The van der Waals surface area contributed by atoms with Gasteiger partial charge >= 0.3 is 0 Å². The molecule has 0 saturated carbocycles. The van der Waals surface area contributed by atoms with Crippen molar-refractivity contribution in [2.45, 2.75) is 13.8 Å². The van der Waals surface area contributed by atoms with Crippen LogP contribution in [0, 0.1) is 13.8 Å². The summed E-state index contributed by atoms with van der Waals surface area (Å²) in [5.41, 5.74) is 2.68. The Hall–Kier alpha value is 0.0700. The van der Waals surface area contributed by atoms with Crippen molar-refractivity contribution in [3.63, 3.8) is 0 Å². The van der Waals surface area contributed by atoms with Gasteiger partial charge in [-0.3, -0.25) is 0 Å².